The SMILES string of the molecule is O=C1CCCC[C@@H]2O[C@@H]2CCC1. The van der Waals surface area contributed by atoms with Crippen LogP contribution in [-0.4, -0.2) is 18.0 Å². The molecule has 2 nitrogen and oxygen atoms in total. The van der Waals surface area contributed by atoms with Crippen LogP contribution in [-0.2, 0) is 9.53 Å². The first-order valence-electron chi connectivity index (χ1n) is 5.03. The van der Waals surface area contributed by atoms with Gasteiger partial charge in [-0.05, 0) is 25.7 Å². The third-order valence-electron chi connectivity index (χ3n) is 2.83. The number of Topliss-reactive ketones (excluding diaryl/α,β-unsaturated/α-hetero) is 1. The van der Waals surface area contributed by atoms with Crippen molar-refractivity contribution in [2.45, 2.75) is 57.2 Å². The van der Waals surface area contributed by atoms with Crippen LogP contribution in [0.25, 0.3) is 0 Å². The number of hydrogen-bond donors (Lipinski definition) is 0. The maximum Gasteiger partial charge on any atom is 0.132 e. The van der Waals surface area contributed by atoms with E-state index < -0.39 is 0 Å². The maximum absolute atomic E-state index is 11.2. The van der Waals surface area contributed by atoms with Crippen molar-refractivity contribution >= 4 is 5.78 Å². The standard InChI is InChI=1S/C10H16O2/c11-8-4-1-2-6-9-10(12-9)7-3-5-8/h9-10H,1-7H2/t9-,10+/m0/s1. The van der Waals surface area contributed by atoms with Crippen LogP contribution in [0.3, 0.4) is 0 Å². The molecule has 1 saturated carbocycles. The zero-order chi connectivity index (χ0) is 8.39. The highest BCUT2D eigenvalue weighted by atomic mass is 16.6. The van der Waals surface area contributed by atoms with Gasteiger partial charge >= 0.3 is 0 Å². The van der Waals surface area contributed by atoms with Crippen molar-refractivity contribution in [1.29, 1.82) is 0 Å². The van der Waals surface area contributed by atoms with Crippen molar-refractivity contribution < 1.29 is 9.53 Å². The second-order valence-corrected chi connectivity index (χ2v) is 3.89. The van der Waals surface area contributed by atoms with Gasteiger partial charge in [0.05, 0.1) is 12.2 Å². The van der Waals surface area contributed by atoms with Crippen LogP contribution in [0, 0.1) is 0 Å². The molecule has 0 N–H and O–H groups in total. The molecule has 0 radical (unpaired) electrons. The molecule has 2 rings (SSSR count). The van der Waals surface area contributed by atoms with E-state index in [2.05, 4.69) is 0 Å². The molecule has 0 spiro atoms. The molecule has 0 aromatic heterocycles. The molecule has 0 unspecified atom stereocenters. The number of hydrogen-bond acceptors (Lipinski definition) is 2. The molecule has 1 heterocycles. The fourth-order valence-corrected chi connectivity index (χ4v) is 1.98. The van der Waals surface area contributed by atoms with Gasteiger partial charge in [0, 0.05) is 12.8 Å². The van der Waals surface area contributed by atoms with Crippen molar-refractivity contribution in [2.24, 2.45) is 0 Å². The fraction of sp³-hybridized carbons (Fsp3) is 0.900. The van der Waals surface area contributed by atoms with Gasteiger partial charge in [0.25, 0.3) is 0 Å². The molecule has 0 bridgehead atoms. The fourth-order valence-electron chi connectivity index (χ4n) is 1.98. The molecule has 0 amide bonds. The maximum atomic E-state index is 11.2. The lowest BCUT2D eigenvalue weighted by molar-refractivity contribution is -0.119. The topological polar surface area (TPSA) is 29.6 Å². The normalized spacial score (nSPS) is 37.2. The average Bonchev–Trinajstić information content (AvgIpc) is 2.78. The van der Waals surface area contributed by atoms with Crippen LogP contribution in [0.4, 0.5) is 0 Å². The molecule has 1 aliphatic carbocycles. The molecular weight excluding hydrogens is 152 g/mol. The minimum Gasteiger partial charge on any atom is -0.370 e. The number of fused-ring (bicyclic) bond motifs is 1. The van der Waals surface area contributed by atoms with Crippen LogP contribution < -0.4 is 0 Å². The second-order valence-electron chi connectivity index (χ2n) is 3.89. The van der Waals surface area contributed by atoms with Gasteiger partial charge in [-0.3, -0.25) is 4.79 Å². The van der Waals surface area contributed by atoms with Gasteiger partial charge in [-0.25, -0.2) is 0 Å². The summed E-state index contributed by atoms with van der Waals surface area (Å²) in [5.74, 6) is 0.453. The molecule has 2 heteroatoms. The van der Waals surface area contributed by atoms with Gasteiger partial charge in [-0.2, -0.15) is 0 Å². The van der Waals surface area contributed by atoms with Crippen molar-refractivity contribution in [3.63, 3.8) is 0 Å². The predicted octanol–water partition coefficient (Wildman–Crippen LogP) is 2.07. The van der Waals surface area contributed by atoms with Crippen molar-refractivity contribution in [3.8, 4) is 0 Å². The lowest BCUT2D eigenvalue weighted by Crippen LogP contribution is -2.03. The Balaban J connectivity index is 1.79. The second kappa shape index (κ2) is 3.56. The largest absolute Gasteiger partial charge is 0.370 e. The number of carbonyl (C=O) groups excluding carboxylic acids is 1. The summed E-state index contributed by atoms with van der Waals surface area (Å²) < 4.78 is 5.47. The summed E-state index contributed by atoms with van der Waals surface area (Å²) in [6.07, 6.45) is 8.23. The Morgan fingerprint density at radius 3 is 2.50 bits per heavy atom. The average molecular weight is 168 g/mol. The number of ketones is 1. The third kappa shape index (κ3) is 2.07. The van der Waals surface area contributed by atoms with Gasteiger partial charge < -0.3 is 4.74 Å². The highest BCUT2D eigenvalue weighted by molar-refractivity contribution is 5.78. The summed E-state index contributed by atoms with van der Waals surface area (Å²) >= 11 is 0. The van der Waals surface area contributed by atoms with Crippen molar-refractivity contribution in [1.82, 2.24) is 0 Å². The van der Waals surface area contributed by atoms with E-state index in [0.717, 1.165) is 32.1 Å². The summed E-state index contributed by atoms with van der Waals surface area (Å²) in [5, 5.41) is 0. The van der Waals surface area contributed by atoms with E-state index in [1.54, 1.807) is 0 Å². The minimum absolute atomic E-state index is 0.453. The molecule has 2 aliphatic rings. The molecule has 68 valence electrons. The molecule has 1 saturated heterocycles. The van der Waals surface area contributed by atoms with Crippen LogP contribution in [0.2, 0.25) is 0 Å². The number of rotatable bonds is 0. The molecule has 0 aromatic rings. The van der Waals surface area contributed by atoms with Crippen LogP contribution >= 0.6 is 0 Å². The molecule has 0 aromatic carbocycles. The highest BCUT2D eigenvalue weighted by Gasteiger charge is 2.37. The Morgan fingerprint density at radius 1 is 1.00 bits per heavy atom. The van der Waals surface area contributed by atoms with E-state index in [1.165, 1.54) is 12.8 Å². The van der Waals surface area contributed by atoms with E-state index in [4.69, 9.17) is 4.74 Å². The lowest BCUT2D eigenvalue weighted by atomic mass is 10.0. The molecule has 12 heavy (non-hydrogen) atoms. The Labute approximate surface area is 73.3 Å². The lowest BCUT2D eigenvalue weighted by Gasteiger charge is -2.02. The van der Waals surface area contributed by atoms with Gasteiger partial charge in [0.1, 0.15) is 5.78 Å². The highest BCUT2D eigenvalue weighted by Crippen LogP contribution is 2.32. The summed E-state index contributed by atoms with van der Waals surface area (Å²) in [6, 6.07) is 0. The van der Waals surface area contributed by atoms with Gasteiger partial charge in [-0.1, -0.05) is 6.42 Å². The summed E-state index contributed by atoms with van der Waals surface area (Å²) in [5.41, 5.74) is 0. The van der Waals surface area contributed by atoms with Gasteiger partial charge in [0.15, 0.2) is 0 Å². The van der Waals surface area contributed by atoms with E-state index in [1.807, 2.05) is 0 Å². The van der Waals surface area contributed by atoms with Crippen LogP contribution in [0.5, 0.6) is 0 Å². The third-order valence-corrected chi connectivity index (χ3v) is 2.83. The smallest absolute Gasteiger partial charge is 0.132 e. The first-order chi connectivity index (χ1) is 5.86. The first kappa shape index (κ1) is 8.24. The number of ether oxygens (including phenoxy) is 1. The van der Waals surface area contributed by atoms with E-state index in [-0.39, 0.29) is 0 Å². The van der Waals surface area contributed by atoms with Crippen LogP contribution in [0.15, 0.2) is 0 Å². The van der Waals surface area contributed by atoms with Gasteiger partial charge in [-0.15, -0.1) is 0 Å². The number of carbonyl (C=O) groups is 1. The monoisotopic (exact) mass is 168 g/mol. The molecule has 1 aliphatic heterocycles. The summed E-state index contributed by atoms with van der Waals surface area (Å²) in [6.45, 7) is 0. The van der Waals surface area contributed by atoms with Crippen molar-refractivity contribution in [3.05, 3.63) is 0 Å². The molecule has 2 atom stereocenters. The quantitative estimate of drug-likeness (QED) is 0.518. The van der Waals surface area contributed by atoms with E-state index in [9.17, 15) is 4.79 Å². The minimum atomic E-state index is 0.453. The first-order valence-corrected chi connectivity index (χ1v) is 5.03. The Kier molecular flexibility index (Phi) is 2.45. The Bertz CT molecular complexity index is 177. The molecule has 2 fully saturated rings. The summed E-state index contributed by atoms with van der Waals surface area (Å²) in [7, 11) is 0. The number of epoxide rings is 1. The zero-order valence-corrected chi connectivity index (χ0v) is 7.42. The van der Waals surface area contributed by atoms with Crippen molar-refractivity contribution in [2.75, 3.05) is 0 Å². The van der Waals surface area contributed by atoms with E-state index in [0.29, 0.717) is 18.0 Å². The van der Waals surface area contributed by atoms with E-state index >= 15 is 0 Å². The predicted molar refractivity (Wildman–Crippen MR) is 46.0 cm³/mol. The van der Waals surface area contributed by atoms with Gasteiger partial charge in [0.2, 0.25) is 0 Å². The Morgan fingerprint density at radius 2 is 1.67 bits per heavy atom. The zero-order valence-electron chi connectivity index (χ0n) is 7.42. The summed E-state index contributed by atoms with van der Waals surface area (Å²) in [4.78, 5) is 11.2. The van der Waals surface area contributed by atoms with Crippen LogP contribution in [0.1, 0.15) is 44.9 Å². The molecular formula is C10H16O2. The Hall–Kier alpha value is -0.370.